The van der Waals surface area contributed by atoms with E-state index < -0.39 is 0 Å². The maximum atomic E-state index is 11.9. The van der Waals surface area contributed by atoms with Gasteiger partial charge in [0.15, 0.2) is 0 Å². The first-order valence-electron chi connectivity index (χ1n) is 6.48. The van der Waals surface area contributed by atoms with E-state index >= 15 is 0 Å². The molecule has 0 aliphatic rings. The second-order valence-corrected chi connectivity index (χ2v) is 5.45. The molecule has 0 bridgehead atoms. The van der Waals surface area contributed by atoms with Gasteiger partial charge in [0.2, 0.25) is 5.91 Å². The van der Waals surface area contributed by atoms with Crippen molar-refractivity contribution in [1.29, 1.82) is 0 Å². The first kappa shape index (κ1) is 14.7. The highest BCUT2D eigenvalue weighted by molar-refractivity contribution is 5.77. The molecule has 0 aliphatic heterocycles. The van der Waals surface area contributed by atoms with Crippen molar-refractivity contribution in [3.05, 3.63) is 35.4 Å². The lowest BCUT2D eigenvalue weighted by Gasteiger charge is -2.25. The number of nitrogens with one attached hydrogen (secondary N) is 1. The van der Waals surface area contributed by atoms with Crippen LogP contribution in [0.4, 0.5) is 0 Å². The lowest BCUT2D eigenvalue weighted by Crippen LogP contribution is -2.43. The van der Waals surface area contributed by atoms with Crippen molar-refractivity contribution in [3.8, 4) is 0 Å². The molecule has 0 spiro atoms. The summed E-state index contributed by atoms with van der Waals surface area (Å²) >= 11 is 0. The molecule has 1 atom stereocenters. The maximum absolute atomic E-state index is 11.9. The van der Waals surface area contributed by atoms with E-state index in [4.69, 9.17) is 5.73 Å². The van der Waals surface area contributed by atoms with Crippen LogP contribution in [0.5, 0.6) is 0 Å². The summed E-state index contributed by atoms with van der Waals surface area (Å²) in [4.78, 5) is 11.9. The zero-order valence-electron chi connectivity index (χ0n) is 11.8. The van der Waals surface area contributed by atoms with Gasteiger partial charge in [-0.3, -0.25) is 4.79 Å². The summed E-state index contributed by atoms with van der Waals surface area (Å²) in [6, 6.07) is 7.70. The predicted molar refractivity (Wildman–Crippen MR) is 75.2 cm³/mol. The summed E-state index contributed by atoms with van der Waals surface area (Å²) in [5, 5.41) is 3.01. The molecule has 0 saturated heterocycles. The molecule has 3 nitrogen and oxygen atoms in total. The zero-order chi connectivity index (χ0) is 13.8. The molecule has 3 N–H and O–H groups in total. The van der Waals surface area contributed by atoms with E-state index in [1.807, 2.05) is 45.0 Å². The predicted octanol–water partition coefficient (Wildman–Crippen LogP) is 2.69. The number of benzene rings is 1. The van der Waals surface area contributed by atoms with Crippen molar-refractivity contribution < 1.29 is 4.79 Å². The third-order valence-electron chi connectivity index (χ3n) is 3.35. The number of hydrogen-bond donors (Lipinski definition) is 2. The Kier molecular flexibility index (Phi) is 4.91. The molecule has 18 heavy (non-hydrogen) atoms. The second-order valence-electron chi connectivity index (χ2n) is 5.45. The number of hydrogen-bond acceptors (Lipinski definition) is 2. The van der Waals surface area contributed by atoms with Crippen LogP contribution in [0.3, 0.4) is 0 Å². The number of carbonyl (C=O) groups excluding carboxylic acids is 1. The molecule has 0 radical (unpaired) electrons. The Morgan fingerprint density at radius 1 is 1.39 bits per heavy atom. The largest absolute Gasteiger partial charge is 0.351 e. The minimum absolute atomic E-state index is 0.0117. The Morgan fingerprint density at radius 3 is 2.56 bits per heavy atom. The van der Waals surface area contributed by atoms with Gasteiger partial charge in [-0.05, 0) is 38.3 Å². The number of aryl methyl sites for hydroxylation is 1. The van der Waals surface area contributed by atoms with Crippen molar-refractivity contribution in [3.63, 3.8) is 0 Å². The summed E-state index contributed by atoms with van der Waals surface area (Å²) in [6.45, 7) is 8.11. The molecule has 0 unspecified atom stereocenters. The van der Waals surface area contributed by atoms with E-state index in [1.165, 1.54) is 0 Å². The molecule has 1 aromatic carbocycles. The highest BCUT2D eigenvalue weighted by Crippen LogP contribution is 2.18. The van der Waals surface area contributed by atoms with Gasteiger partial charge in [0.05, 0.1) is 0 Å². The van der Waals surface area contributed by atoms with E-state index in [1.54, 1.807) is 0 Å². The van der Waals surface area contributed by atoms with Crippen LogP contribution in [-0.2, 0) is 4.79 Å². The minimum Gasteiger partial charge on any atom is -0.351 e. The molecule has 3 heteroatoms. The standard InChI is InChI=1S/C15H24N2O/c1-5-15(3,4)17-14(18)10-13(16)12-9-7-6-8-11(12)2/h6-9,13H,5,10,16H2,1-4H3,(H,17,18)/t13-/m0/s1. The molecular formula is C15H24N2O. The molecule has 0 fully saturated rings. The molecule has 0 saturated carbocycles. The van der Waals surface area contributed by atoms with Crippen LogP contribution in [0, 0.1) is 6.92 Å². The van der Waals surface area contributed by atoms with Gasteiger partial charge in [0, 0.05) is 18.0 Å². The van der Waals surface area contributed by atoms with Crippen molar-refractivity contribution in [2.75, 3.05) is 0 Å². The third kappa shape index (κ3) is 4.15. The average Bonchev–Trinajstić information content (AvgIpc) is 2.28. The van der Waals surface area contributed by atoms with Crippen molar-refractivity contribution in [1.82, 2.24) is 5.32 Å². The number of nitrogens with two attached hydrogens (primary N) is 1. The Bertz CT molecular complexity index is 413. The Morgan fingerprint density at radius 2 is 2.00 bits per heavy atom. The highest BCUT2D eigenvalue weighted by Gasteiger charge is 2.20. The lowest BCUT2D eigenvalue weighted by atomic mass is 9.97. The summed E-state index contributed by atoms with van der Waals surface area (Å²) in [5.41, 5.74) is 8.11. The van der Waals surface area contributed by atoms with Crippen LogP contribution in [0.1, 0.15) is 50.8 Å². The van der Waals surface area contributed by atoms with E-state index in [0.717, 1.165) is 17.5 Å². The van der Waals surface area contributed by atoms with Gasteiger partial charge in [-0.2, -0.15) is 0 Å². The Balaban J connectivity index is 2.63. The topological polar surface area (TPSA) is 55.1 Å². The van der Waals surface area contributed by atoms with Crippen LogP contribution < -0.4 is 11.1 Å². The second kappa shape index (κ2) is 6.01. The van der Waals surface area contributed by atoms with Crippen LogP contribution >= 0.6 is 0 Å². The molecule has 1 rings (SSSR count). The Hall–Kier alpha value is -1.35. The van der Waals surface area contributed by atoms with Gasteiger partial charge in [-0.25, -0.2) is 0 Å². The van der Waals surface area contributed by atoms with Crippen LogP contribution in [0.25, 0.3) is 0 Å². The molecule has 1 amide bonds. The van der Waals surface area contributed by atoms with Crippen LogP contribution in [0.15, 0.2) is 24.3 Å². The normalized spacial score (nSPS) is 13.2. The summed E-state index contributed by atoms with van der Waals surface area (Å²) < 4.78 is 0. The maximum Gasteiger partial charge on any atom is 0.222 e. The van der Waals surface area contributed by atoms with E-state index in [0.29, 0.717) is 6.42 Å². The Labute approximate surface area is 110 Å². The van der Waals surface area contributed by atoms with Gasteiger partial charge in [0.25, 0.3) is 0 Å². The third-order valence-corrected chi connectivity index (χ3v) is 3.35. The molecule has 0 aromatic heterocycles. The molecule has 100 valence electrons. The van der Waals surface area contributed by atoms with Gasteiger partial charge in [0.1, 0.15) is 0 Å². The van der Waals surface area contributed by atoms with Crippen LogP contribution in [-0.4, -0.2) is 11.4 Å². The van der Waals surface area contributed by atoms with Crippen LogP contribution in [0.2, 0.25) is 0 Å². The molecular weight excluding hydrogens is 224 g/mol. The minimum atomic E-state index is -0.237. The summed E-state index contributed by atoms with van der Waals surface area (Å²) in [7, 11) is 0. The number of carbonyl (C=O) groups is 1. The fourth-order valence-electron chi connectivity index (χ4n) is 1.83. The SMILES string of the molecule is CCC(C)(C)NC(=O)C[C@H](N)c1ccccc1C. The van der Waals surface area contributed by atoms with Gasteiger partial charge >= 0.3 is 0 Å². The number of rotatable bonds is 5. The van der Waals surface area contributed by atoms with Gasteiger partial charge < -0.3 is 11.1 Å². The summed E-state index contributed by atoms with van der Waals surface area (Å²) in [5.74, 6) is 0.0117. The van der Waals surface area contributed by atoms with Crippen molar-refractivity contribution in [2.24, 2.45) is 5.73 Å². The molecule has 0 heterocycles. The molecule has 1 aromatic rings. The first-order valence-corrected chi connectivity index (χ1v) is 6.48. The number of amides is 1. The first-order chi connectivity index (χ1) is 8.35. The van der Waals surface area contributed by atoms with E-state index in [9.17, 15) is 4.79 Å². The fourth-order valence-corrected chi connectivity index (χ4v) is 1.83. The average molecular weight is 248 g/mol. The van der Waals surface area contributed by atoms with Crippen molar-refractivity contribution in [2.45, 2.75) is 52.1 Å². The van der Waals surface area contributed by atoms with E-state index in [2.05, 4.69) is 12.2 Å². The quantitative estimate of drug-likeness (QED) is 0.841. The van der Waals surface area contributed by atoms with Crippen molar-refractivity contribution >= 4 is 5.91 Å². The fraction of sp³-hybridized carbons (Fsp3) is 0.533. The lowest BCUT2D eigenvalue weighted by molar-refractivity contribution is -0.123. The van der Waals surface area contributed by atoms with Gasteiger partial charge in [-0.1, -0.05) is 31.2 Å². The zero-order valence-corrected chi connectivity index (χ0v) is 11.8. The van der Waals surface area contributed by atoms with Gasteiger partial charge in [-0.15, -0.1) is 0 Å². The smallest absolute Gasteiger partial charge is 0.222 e. The summed E-state index contributed by atoms with van der Waals surface area (Å²) in [6.07, 6.45) is 1.23. The monoisotopic (exact) mass is 248 g/mol. The highest BCUT2D eigenvalue weighted by atomic mass is 16.1. The molecule has 0 aliphatic carbocycles. The van der Waals surface area contributed by atoms with E-state index in [-0.39, 0.29) is 17.5 Å².